The number of likely N-dealkylation sites (N-methyl/N-ethyl adjacent to an activating group) is 1. The van der Waals surface area contributed by atoms with Crippen molar-refractivity contribution in [2.75, 3.05) is 26.5 Å². The summed E-state index contributed by atoms with van der Waals surface area (Å²) in [7, 11) is 2.68. The summed E-state index contributed by atoms with van der Waals surface area (Å²) in [5, 5.41) is 13.5. The molecule has 2 aliphatic rings. The first kappa shape index (κ1) is 25.0. The molecule has 0 saturated carbocycles. The zero-order chi connectivity index (χ0) is 25.0. The number of fused-ring (bicyclic) bond motifs is 1. The van der Waals surface area contributed by atoms with E-state index in [9.17, 15) is 29.3 Å². The number of nitro benzene ring substituents is 1. The predicted octanol–water partition coefficient (Wildman–Crippen LogP) is 1.40. The fraction of sp³-hybridized carbons (Fsp3) is 0.429. The second-order valence-electron chi connectivity index (χ2n) is 7.61. The fourth-order valence-electron chi connectivity index (χ4n) is 3.78. The minimum absolute atomic E-state index is 0.0822. The number of thioether (sulfide) groups is 1. The van der Waals surface area contributed by atoms with E-state index in [1.807, 2.05) is 0 Å². The SMILES string of the molecule is COC(=O)N(C)C1C(=O)N2C(C(=O)OCc3ccc([N+](=O)[O-])cc3)=C(SCCNC(C)=O)C[C@H]12. The Morgan fingerprint density at radius 2 is 1.97 bits per heavy atom. The lowest BCUT2D eigenvalue weighted by Gasteiger charge is -2.46. The van der Waals surface area contributed by atoms with Crippen molar-refractivity contribution in [2.45, 2.75) is 32.0 Å². The van der Waals surface area contributed by atoms with Crippen molar-refractivity contribution >= 4 is 41.3 Å². The van der Waals surface area contributed by atoms with Gasteiger partial charge in [0.05, 0.1) is 18.1 Å². The Hall–Kier alpha value is -3.61. The Morgan fingerprint density at radius 1 is 1.29 bits per heavy atom. The second-order valence-corrected chi connectivity index (χ2v) is 8.80. The molecule has 1 saturated heterocycles. The summed E-state index contributed by atoms with van der Waals surface area (Å²) in [5.41, 5.74) is 0.577. The van der Waals surface area contributed by atoms with Gasteiger partial charge in [-0.15, -0.1) is 11.8 Å². The lowest BCUT2D eigenvalue weighted by Crippen LogP contribution is -2.68. The van der Waals surface area contributed by atoms with Crippen molar-refractivity contribution in [3.05, 3.63) is 50.5 Å². The van der Waals surface area contributed by atoms with Gasteiger partial charge < -0.3 is 14.8 Å². The van der Waals surface area contributed by atoms with E-state index in [1.54, 1.807) is 0 Å². The maximum absolute atomic E-state index is 13.0. The molecule has 1 unspecified atom stereocenters. The molecule has 3 amide bonds. The zero-order valence-electron chi connectivity index (χ0n) is 18.8. The first-order chi connectivity index (χ1) is 16.1. The highest BCUT2D eigenvalue weighted by molar-refractivity contribution is 8.03. The summed E-state index contributed by atoms with van der Waals surface area (Å²) >= 11 is 1.33. The van der Waals surface area contributed by atoms with Gasteiger partial charge in [0.2, 0.25) is 5.91 Å². The molecular weight excluding hydrogens is 468 g/mol. The van der Waals surface area contributed by atoms with E-state index in [0.29, 0.717) is 29.2 Å². The number of non-ortho nitro benzene ring substituents is 1. The van der Waals surface area contributed by atoms with Crippen molar-refractivity contribution < 1.29 is 33.6 Å². The molecule has 182 valence electrons. The van der Waals surface area contributed by atoms with E-state index in [1.165, 1.54) is 66.9 Å². The summed E-state index contributed by atoms with van der Waals surface area (Å²) in [4.78, 5) is 62.3. The number of rotatable bonds is 9. The van der Waals surface area contributed by atoms with Crippen LogP contribution in [0.4, 0.5) is 10.5 Å². The zero-order valence-corrected chi connectivity index (χ0v) is 19.6. The molecule has 0 spiro atoms. The van der Waals surface area contributed by atoms with Crippen LogP contribution in [-0.4, -0.2) is 77.1 Å². The standard InChI is InChI=1S/C21H24N4O8S/c1-12(26)22-8-9-34-16-10-15-17(23(2)21(29)32-3)19(27)24(15)18(16)20(28)33-11-13-4-6-14(7-5-13)25(30)31/h4-7,15,17H,8-11H2,1-3H3,(H,22,26)/t15-,17?/m1/s1. The van der Waals surface area contributed by atoms with Crippen molar-refractivity contribution in [3.8, 4) is 0 Å². The summed E-state index contributed by atoms with van der Waals surface area (Å²) in [6, 6.07) is 4.39. The van der Waals surface area contributed by atoms with Gasteiger partial charge in [-0.05, 0) is 17.7 Å². The van der Waals surface area contributed by atoms with Crippen LogP contribution in [0.15, 0.2) is 34.9 Å². The molecule has 0 aliphatic carbocycles. The molecule has 0 aromatic heterocycles. The molecule has 2 aliphatic heterocycles. The quantitative estimate of drug-likeness (QED) is 0.177. The van der Waals surface area contributed by atoms with Crippen LogP contribution in [0, 0.1) is 10.1 Å². The lowest BCUT2D eigenvalue weighted by molar-refractivity contribution is -0.384. The number of methoxy groups -OCH3 is 1. The van der Waals surface area contributed by atoms with Gasteiger partial charge in [0.25, 0.3) is 11.6 Å². The lowest BCUT2D eigenvalue weighted by atomic mass is 9.94. The Bertz CT molecular complexity index is 1040. The second kappa shape index (κ2) is 10.5. The van der Waals surface area contributed by atoms with Crippen LogP contribution in [0.5, 0.6) is 0 Å². The molecule has 0 bridgehead atoms. The molecule has 13 heteroatoms. The molecule has 3 rings (SSSR count). The van der Waals surface area contributed by atoms with Crippen molar-refractivity contribution in [3.63, 3.8) is 0 Å². The van der Waals surface area contributed by atoms with E-state index in [2.05, 4.69) is 5.32 Å². The van der Waals surface area contributed by atoms with E-state index >= 15 is 0 Å². The summed E-state index contributed by atoms with van der Waals surface area (Å²) < 4.78 is 10.1. The molecule has 1 aromatic rings. The molecule has 2 heterocycles. The van der Waals surface area contributed by atoms with Crippen LogP contribution < -0.4 is 5.32 Å². The number of hydrogen-bond donors (Lipinski definition) is 1. The minimum atomic E-state index is -0.765. The molecule has 1 aromatic carbocycles. The number of nitrogens with zero attached hydrogens (tertiary/aromatic N) is 3. The number of hydrogen-bond acceptors (Lipinski definition) is 9. The van der Waals surface area contributed by atoms with Crippen LogP contribution in [0.3, 0.4) is 0 Å². The van der Waals surface area contributed by atoms with Crippen molar-refractivity contribution in [1.29, 1.82) is 0 Å². The highest BCUT2D eigenvalue weighted by atomic mass is 32.2. The first-order valence-corrected chi connectivity index (χ1v) is 11.3. The van der Waals surface area contributed by atoms with Gasteiger partial charge >= 0.3 is 12.1 Å². The molecule has 1 N–H and O–H groups in total. The molecule has 12 nitrogen and oxygen atoms in total. The maximum Gasteiger partial charge on any atom is 0.409 e. The van der Waals surface area contributed by atoms with Gasteiger partial charge in [0, 0.05) is 49.7 Å². The Labute approximate surface area is 199 Å². The van der Waals surface area contributed by atoms with E-state index in [0.717, 1.165) is 0 Å². The van der Waals surface area contributed by atoms with Gasteiger partial charge in [-0.3, -0.25) is 29.5 Å². The number of ether oxygens (including phenoxy) is 2. The van der Waals surface area contributed by atoms with Crippen molar-refractivity contribution in [2.24, 2.45) is 0 Å². The summed E-state index contributed by atoms with van der Waals surface area (Å²) in [5.74, 6) is -0.837. The van der Waals surface area contributed by atoms with Crippen LogP contribution in [0.25, 0.3) is 0 Å². The fourth-order valence-corrected chi connectivity index (χ4v) is 4.84. The van der Waals surface area contributed by atoms with Gasteiger partial charge in [0.1, 0.15) is 18.3 Å². The van der Waals surface area contributed by atoms with Gasteiger partial charge in [-0.2, -0.15) is 0 Å². The van der Waals surface area contributed by atoms with Crippen LogP contribution in [0.1, 0.15) is 18.9 Å². The first-order valence-electron chi connectivity index (χ1n) is 10.3. The van der Waals surface area contributed by atoms with Gasteiger partial charge in [-0.25, -0.2) is 9.59 Å². The summed E-state index contributed by atoms with van der Waals surface area (Å²) in [6.45, 7) is 1.64. The predicted molar refractivity (Wildman–Crippen MR) is 120 cm³/mol. The van der Waals surface area contributed by atoms with E-state index in [4.69, 9.17) is 9.47 Å². The highest BCUT2D eigenvalue weighted by Gasteiger charge is 2.58. The van der Waals surface area contributed by atoms with Crippen LogP contribution >= 0.6 is 11.8 Å². The summed E-state index contributed by atoms with van der Waals surface area (Å²) in [6.07, 6.45) is -0.308. The third-order valence-corrected chi connectivity index (χ3v) is 6.55. The number of nitro groups is 1. The number of amides is 3. The number of carbonyl (C=O) groups excluding carboxylic acids is 4. The molecule has 34 heavy (non-hydrogen) atoms. The normalized spacial score (nSPS) is 18.7. The monoisotopic (exact) mass is 492 g/mol. The van der Waals surface area contributed by atoms with Crippen LogP contribution in [0.2, 0.25) is 0 Å². The Morgan fingerprint density at radius 3 is 2.56 bits per heavy atom. The number of esters is 1. The largest absolute Gasteiger partial charge is 0.456 e. The molecular formula is C21H24N4O8S. The molecule has 2 atom stereocenters. The number of carbonyl (C=O) groups is 4. The molecule has 0 radical (unpaired) electrons. The topological polar surface area (TPSA) is 148 Å². The maximum atomic E-state index is 13.0. The number of benzene rings is 1. The van der Waals surface area contributed by atoms with Crippen molar-refractivity contribution in [1.82, 2.24) is 15.1 Å². The smallest absolute Gasteiger partial charge is 0.409 e. The highest BCUT2D eigenvalue weighted by Crippen LogP contribution is 2.45. The van der Waals surface area contributed by atoms with Crippen LogP contribution in [-0.2, 0) is 30.5 Å². The number of β-lactam (4-membered cyclic amide) rings is 1. The van der Waals surface area contributed by atoms with Gasteiger partial charge in [-0.1, -0.05) is 0 Å². The third kappa shape index (κ3) is 5.14. The average molecular weight is 493 g/mol. The minimum Gasteiger partial charge on any atom is -0.456 e. The number of nitrogens with one attached hydrogen (secondary N) is 1. The average Bonchev–Trinajstić information content (AvgIpc) is 3.14. The van der Waals surface area contributed by atoms with E-state index in [-0.39, 0.29) is 23.9 Å². The Kier molecular flexibility index (Phi) is 7.76. The molecule has 1 fully saturated rings. The van der Waals surface area contributed by atoms with E-state index < -0.39 is 35.0 Å². The third-order valence-electron chi connectivity index (χ3n) is 5.43. The van der Waals surface area contributed by atoms with Gasteiger partial charge in [0.15, 0.2) is 0 Å². The Balaban J connectivity index is 1.73.